The fraction of sp³-hybridized carbons (Fsp3) is 0.308. The molecule has 16 heavy (non-hydrogen) atoms. The number of benzene rings is 1. The van der Waals surface area contributed by atoms with E-state index in [-0.39, 0.29) is 5.82 Å². The minimum atomic E-state index is -0.242. The molecule has 0 unspecified atom stereocenters. The predicted molar refractivity (Wildman–Crippen MR) is 64.3 cm³/mol. The van der Waals surface area contributed by atoms with Gasteiger partial charge in [0.2, 0.25) is 0 Å². The number of nitrogens with zero attached hydrogens (tertiary/aromatic N) is 2. The molecule has 2 nitrogen and oxygen atoms in total. The van der Waals surface area contributed by atoms with Crippen LogP contribution in [0.4, 0.5) is 4.39 Å². The number of hydrogen-bond donors (Lipinski definition) is 0. The Morgan fingerprint density at radius 2 is 1.88 bits per heavy atom. The summed E-state index contributed by atoms with van der Waals surface area (Å²) in [5.41, 5.74) is 2.43. The average Bonchev–Trinajstić information content (AvgIpc) is 2.68. The lowest BCUT2D eigenvalue weighted by atomic mass is 10.2. The second-order valence-corrected chi connectivity index (χ2v) is 3.37. The lowest BCUT2D eigenvalue weighted by Gasteiger charge is -2.06. The summed E-state index contributed by atoms with van der Waals surface area (Å²) in [4.78, 5) is 0. The van der Waals surface area contributed by atoms with Gasteiger partial charge in [0.05, 0.1) is 6.20 Å². The zero-order valence-electron chi connectivity index (χ0n) is 10.2. The summed E-state index contributed by atoms with van der Waals surface area (Å²) in [6.07, 6.45) is 3.53. The zero-order chi connectivity index (χ0) is 12.1. The van der Waals surface area contributed by atoms with Gasteiger partial charge in [0.25, 0.3) is 0 Å². The van der Waals surface area contributed by atoms with Gasteiger partial charge in [-0.15, -0.1) is 0 Å². The maximum absolute atomic E-state index is 13.5. The van der Waals surface area contributed by atoms with Crippen molar-refractivity contribution in [1.29, 1.82) is 0 Å². The van der Waals surface area contributed by atoms with E-state index in [1.807, 2.05) is 40.0 Å². The van der Waals surface area contributed by atoms with E-state index in [0.717, 1.165) is 11.1 Å². The van der Waals surface area contributed by atoms with E-state index in [2.05, 4.69) is 5.10 Å². The van der Waals surface area contributed by atoms with Crippen LogP contribution in [-0.4, -0.2) is 9.78 Å². The zero-order valence-corrected chi connectivity index (χ0v) is 10.2. The van der Waals surface area contributed by atoms with Gasteiger partial charge in [0.15, 0.2) is 0 Å². The Morgan fingerprint density at radius 3 is 2.38 bits per heavy atom. The van der Waals surface area contributed by atoms with Crippen molar-refractivity contribution in [3.05, 3.63) is 47.5 Å². The molecule has 0 bridgehead atoms. The van der Waals surface area contributed by atoms with E-state index >= 15 is 0 Å². The Hall–Kier alpha value is -1.64. The summed E-state index contributed by atoms with van der Waals surface area (Å²) in [7, 11) is 0. The van der Waals surface area contributed by atoms with Crippen LogP contribution in [0.2, 0.25) is 0 Å². The largest absolute Gasteiger partial charge is 0.237 e. The maximum atomic E-state index is 13.5. The lowest BCUT2D eigenvalue weighted by molar-refractivity contribution is 0.609. The molecule has 0 fully saturated rings. The van der Waals surface area contributed by atoms with Crippen molar-refractivity contribution in [1.82, 2.24) is 9.78 Å². The van der Waals surface area contributed by atoms with Crippen LogP contribution in [-0.2, 0) is 0 Å². The lowest BCUT2D eigenvalue weighted by Crippen LogP contribution is -2.00. The standard InChI is InChI=1S/C11H11FN2.C2H6/c1-8-6-13-14(7-8)11-9(2)4-3-5-10(11)12;1-2/h3-7H,1-2H3;1-2H3. The van der Waals surface area contributed by atoms with Gasteiger partial charge >= 0.3 is 0 Å². The molecule has 0 aliphatic heterocycles. The normalized spacial score (nSPS) is 9.56. The average molecular weight is 220 g/mol. The molecule has 1 aromatic heterocycles. The van der Waals surface area contributed by atoms with Gasteiger partial charge < -0.3 is 0 Å². The molecule has 0 N–H and O–H groups in total. The molecule has 0 aliphatic rings. The van der Waals surface area contributed by atoms with Crippen molar-refractivity contribution in [3.63, 3.8) is 0 Å². The Labute approximate surface area is 95.7 Å². The second-order valence-electron chi connectivity index (χ2n) is 3.37. The third-order valence-corrected chi connectivity index (χ3v) is 2.13. The van der Waals surface area contributed by atoms with E-state index < -0.39 is 0 Å². The number of halogens is 1. The van der Waals surface area contributed by atoms with Crippen molar-refractivity contribution in [2.75, 3.05) is 0 Å². The molecule has 1 aromatic carbocycles. The topological polar surface area (TPSA) is 17.8 Å². The molecule has 1 heterocycles. The highest BCUT2D eigenvalue weighted by Crippen LogP contribution is 2.17. The van der Waals surface area contributed by atoms with E-state index in [1.165, 1.54) is 6.07 Å². The molecular formula is C13H17FN2. The van der Waals surface area contributed by atoms with Crippen molar-refractivity contribution in [3.8, 4) is 5.69 Å². The quantitative estimate of drug-likeness (QED) is 0.717. The summed E-state index contributed by atoms with van der Waals surface area (Å²) in [5.74, 6) is -0.242. The summed E-state index contributed by atoms with van der Waals surface area (Å²) in [6.45, 7) is 7.80. The molecule has 0 saturated heterocycles. The summed E-state index contributed by atoms with van der Waals surface area (Å²) >= 11 is 0. The molecule has 86 valence electrons. The van der Waals surface area contributed by atoms with Crippen LogP contribution in [0.1, 0.15) is 25.0 Å². The molecule has 0 spiro atoms. The first-order chi connectivity index (χ1) is 7.68. The van der Waals surface area contributed by atoms with Crippen LogP contribution in [0.25, 0.3) is 5.69 Å². The van der Waals surface area contributed by atoms with E-state index in [4.69, 9.17) is 0 Å². The molecular weight excluding hydrogens is 203 g/mol. The summed E-state index contributed by atoms with van der Waals surface area (Å²) in [5, 5.41) is 4.08. The number of aryl methyl sites for hydroxylation is 2. The van der Waals surface area contributed by atoms with Crippen LogP contribution < -0.4 is 0 Å². The smallest absolute Gasteiger partial charge is 0.149 e. The Bertz CT molecular complexity index is 440. The molecule has 3 heteroatoms. The second kappa shape index (κ2) is 5.45. The fourth-order valence-corrected chi connectivity index (χ4v) is 1.45. The highest BCUT2D eigenvalue weighted by Gasteiger charge is 2.07. The minimum Gasteiger partial charge on any atom is -0.237 e. The van der Waals surface area contributed by atoms with Gasteiger partial charge in [-0.2, -0.15) is 5.10 Å². The van der Waals surface area contributed by atoms with Gasteiger partial charge in [0, 0.05) is 6.20 Å². The number of aromatic nitrogens is 2. The van der Waals surface area contributed by atoms with Gasteiger partial charge in [-0.1, -0.05) is 26.0 Å². The Kier molecular flexibility index (Phi) is 4.23. The molecule has 0 saturated carbocycles. The number of rotatable bonds is 1. The first kappa shape index (κ1) is 12.4. The van der Waals surface area contributed by atoms with E-state index in [1.54, 1.807) is 16.9 Å². The van der Waals surface area contributed by atoms with Crippen molar-refractivity contribution in [2.24, 2.45) is 0 Å². The first-order valence-corrected chi connectivity index (χ1v) is 5.45. The SMILES string of the molecule is CC.Cc1cnn(-c2c(C)cccc2F)c1. The number of hydrogen-bond acceptors (Lipinski definition) is 1. The molecule has 0 aliphatic carbocycles. The highest BCUT2D eigenvalue weighted by atomic mass is 19.1. The summed E-state index contributed by atoms with van der Waals surface area (Å²) < 4.78 is 15.1. The molecule has 2 aromatic rings. The van der Waals surface area contributed by atoms with Crippen LogP contribution in [0.3, 0.4) is 0 Å². The summed E-state index contributed by atoms with van der Waals surface area (Å²) in [6, 6.07) is 5.01. The fourth-order valence-electron chi connectivity index (χ4n) is 1.45. The van der Waals surface area contributed by atoms with Gasteiger partial charge in [0.1, 0.15) is 11.5 Å². The van der Waals surface area contributed by atoms with Crippen LogP contribution in [0, 0.1) is 19.7 Å². The molecule has 0 atom stereocenters. The first-order valence-electron chi connectivity index (χ1n) is 5.45. The molecule has 0 radical (unpaired) electrons. The Balaban J connectivity index is 0.000000606. The Morgan fingerprint density at radius 1 is 1.19 bits per heavy atom. The van der Waals surface area contributed by atoms with Gasteiger partial charge in [-0.05, 0) is 31.0 Å². The molecule has 0 amide bonds. The van der Waals surface area contributed by atoms with Crippen molar-refractivity contribution >= 4 is 0 Å². The van der Waals surface area contributed by atoms with E-state index in [0.29, 0.717) is 5.69 Å². The number of para-hydroxylation sites is 1. The minimum absolute atomic E-state index is 0.242. The van der Waals surface area contributed by atoms with E-state index in [9.17, 15) is 4.39 Å². The maximum Gasteiger partial charge on any atom is 0.149 e. The van der Waals surface area contributed by atoms with Gasteiger partial charge in [-0.3, -0.25) is 0 Å². The van der Waals surface area contributed by atoms with Crippen LogP contribution in [0.15, 0.2) is 30.6 Å². The predicted octanol–water partition coefficient (Wildman–Crippen LogP) is 3.65. The van der Waals surface area contributed by atoms with Gasteiger partial charge in [-0.25, -0.2) is 9.07 Å². The highest BCUT2D eigenvalue weighted by molar-refractivity contribution is 5.41. The van der Waals surface area contributed by atoms with Crippen molar-refractivity contribution < 1.29 is 4.39 Å². The van der Waals surface area contributed by atoms with Crippen molar-refractivity contribution in [2.45, 2.75) is 27.7 Å². The third-order valence-electron chi connectivity index (χ3n) is 2.13. The third kappa shape index (κ3) is 2.48. The monoisotopic (exact) mass is 220 g/mol. The molecule has 2 rings (SSSR count). The van der Waals surface area contributed by atoms with Crippen LogP contribution >= 0.6 is 0 Å². The van der Waals surface area contributed by atoms with Crippen LogP contribution in [0.5, 0.6) is 0 Å².